The van der Waals surface area contributed by atoms with E-state index in [1.165, 1.54) is 0 Å². The van der Waals surface area contributed by atoms with Gasteiger partial charge in [0.25, 0.3) is 5.08 Å². The zero-order valence-electron chi connectivity index (χ0n) is 18.3. The Morgan fingerprint density at radius 2 is 1.65 bits per heavy atom. The van der Waals surface area contributed by atoms with Gasteiger partial charge in [0.1, 0.15) is 6.04 Å². The van der Waals surface area contributed by atoms with Crippen molar-refractivity contribution in [3.63, 3.8) is 0 Å². The molecule has 0 aromatic heterocycles. The van der Waals surface area contributed by atoms with Crippen LogP contribution in [-0.4, -0.2) is 66.8 Å². The molecule has 11 N–H and O–H groups in total. The van der Waals surface area contributed by atoms with Crippen LogP contribution in [0, 0.1) is 0 Å². The fourth-order valence-electron chi connectivity index (χ4n) is 2.83. The highest BCUT2D eigenvalue weighted by Crippen LogP contribution is 2.68. The smallest absolute Gasteiger partial charge is 0.369 e. The molecule has 0 fully saturated rings. The molecule has 0 spiro atoms. The van der Waals surface area contributed by atoms with E-state index in [9.17, 15) is 23.8 Å². The summed E-state index contributed by atoms with van der Waals surface area (Å²) in [5.41, 5.74) is 14.0. The predicted octanol–water partition coefficient (Wildman–Crippen LogP) is -1.39. The molecule has 0 heterocycles. The third-order valence-corrected chi connectivity index (χ3v) is 8.73. The molecule has 194 valence electrons. The molecule has 0 bridgehead atoms. The number of benzene rings is 1. The van der Waals surface area contributed by atoms with E-state index in [0.29, 0.717) is 31.4 Å². The number of nitrogens with one attached hydrogen (secondary N) is 2. The fourth-order valence-corrected chi connectivity index (χ4v) is 5.00. The standard InChI is InChI=1S/C18H32N4O10P2/c19-10-5-4-8-14(20)16(23)22-15(12-13-6-2-1-3-7-13)17(24)32-21-11-9-18(25,33(26,27)28)34(29,30)31/h1-3,6-7,14-15,21,25H,4-5,8-12,19-20H2,(H,22,23)(H2,26,27,28)(H2,29,30,31)/t14-,15?/m0/s1. The van der Waals surface area contributed by atoms with Crippen LogP contribution in [0.15, 0.2) is 30.3 Å². The van der Waals surface area contributed by atoms with Crippen molar-refractivity contribution in [2.24, 2.45) is 11.5 Å². The summed E-state index contributed by atoms with van der Waals surface area (Å²) in [6, 6.07) is 6.52. The van der Waals surface area contributed by atoms with E-state index >= 15 is 0 Å². The maximum absolute atomic E-state index is 12.6. The summed E-state index contributed by atoms with van der Waals surface area (Å²) in [7, 11) is -11.3. The number of hydrogen-bond acceptors (Lipinski definition) is 9. The fraction of sp³-hybridized carbons (Fsp3) is 0.556. The normalized spacial score (nSPS) is 14.3. The summed E-state index contributed by atoms with van der Waals surface area (Å²) >= 11 is 0. The molecule has 1 aromatic rings. The lowest BCUT2D eigenvalue weighted by Gasteiger charge is -2.29. The number of rotatable bonds is 15. The summed E-state index contributed by atoms with van der Waals surface area (Å²) < 4.78 is 22.7. The van der Waals surface area contributed by atoms with Gasteiger partial charge in [-0.2, -0.15) is 5.48 Å². The molecule has 34 heavy (non-hydrogen) atoms. The van der Waals surface area contributed by atoms with Crippen molar-refractivity contribution in [2.45, 2.75) is 49.3 Å². The Morgan fingerprint density at radius 3 is 2.18 bits per heavy atom. The van der Waals surface area contributed by atoms with Crippen LogP contribution in [0.1, 0.15) is 31.2 Å². The topological polar surface area (TPSA) is 255 Å². The van der Waals surface area contributed by atoms with Crippen LogP contribution in [0.5, 0.6) is 0 Å². The highest BCUT2D eigenvalue weighted by Gasteiger charge is 2.58. The quantitative estimate of drug-likeness (QED) is 0.0725. The molecule has 0 saturated heterocycles. The Kier molecular flexibility index (Phi) is 12.0. The number of hydrogen-bond donors (Lipinski definition) is 9. The zero-order chi connectivity index (χ0) is 26.0. The van der Waals surface area contributed by atoms with Gasteiger partial charge in [0.15, 0.2) is 0 Å². The van der Waals surface area contributed by atoms with Crippen molar-refractivity contribution in [3.05, 3.63) is 35.9 Å². The first-order valence-electron chi connectivity index (χ1n) is 10.3. The van der Waals surface area contributed by atoms with E-state index in [1.54, 1.807) is 30.3 Å². The second-order valence-corrected chi connectivity index (χ2v) is 11.6. The Labute approximate surface area is 196 Å². The molecule has 0 aliphatic rings. The number of amides is 1. The van der Waals surface area contributed by atoms with Crippen molar-refractivity contribution in [2.75, 3.05) is 13.1 Å². The molecule has 16 heteroatoms. The molecular weight excluding hydrogens is 494 g/mol. The van der Waals surface area contributed by atoms with Gasteiger partial charge in [0.2, 0.25) is 5.91 Å². The van der Waals surface area contributed by atoms with E-state index in [0.717, 1.165) is 0 Å². The van der Waals surface area contributed by atoms with E-state index in [2.05, 4.69) is 5.32 Å². The molecule has 0 radical (unpaired) electrons. The van der Waals surface area contributed by atoms with Gasteiger partial charge in [-0.25, -0.2) is 4.79 Å². The van der Waals surface area contributed by atoms with Gasteiger partial charge in [-0.05, 0) is 24.9 Å². The van der Waals surface area contributed by atoms with E-state index in [1.807, 2.05) is 5.48 Å². The minimum atomic E-state index is -5.65. The maximum Gasteiger partial charge on any atom is 0.369 e. The van der Waals surface area contributed by atoms with Crippen molar-refractivity contribution >= 4 is 27.1 Å². The minimum absolute atomic E-state index is 0.0253. The van der Waals surface area contributed by atoms with Gasteiger partial charge in [0.05, 0.1) is 6.04 Å². The number of carbonyl (C=O) groups is 2. The summed E-state index contributed by atoms with van der Waals surface area (Å²) in [6.07, 6.45) is 0.518. The molecule has 2 atom stereocenters. The summed E-state index contributed by atoms with van der Waals surface area (Å²) in [4.78, 5) is 66.3. The molecule has 14 nitrogen and oxygen atoms in total. The van der Waals surface area contributed by atoms with Crippen LogP contribution < -0.4 is 22.3 Å². The molecule has 1 amide bonds. The van der Waals surface area contributed by atoms with E-state index < -0.39 is 57.2 Å². The Hall–Kier alpha value is -1.70. The molecular formula is C18H32N4O10P2. The first-order valence-corrected chi connectivity index (χ1v) is 13.5. The number of aliphatic hydroxyl groups is 1. The maximum atomic E-state index is 12.6. The molecule has 1 rings (SSSR count). The highest BCUT2D eigenvalue weighted by molar-refractivity contribution is 7.72. The van der Waals surface area contributed by atoms with E-state index in [-0.39, 0.29) is 6.42 Å². The minimum Gasteiger partial charge on any atom is -0.369 e. The zero-order valence-corrected chi connectivity index (χ0v) is 20.1. The van der Waals surface area contributed by atoms with Gasteiger partial charge >= 0.3 is 21.2 Å². The van der Waals surface area contributed by atoms with Crippen molar-refractivity contribution in [1.29, 1.82) is 0 Å². The first kappa shape index (κ1) is 30.3. The molecule has 0 aliphatic heterocycles. The average molecular weight is 526 g/mol. The van der Waals surface area contributed by atoms with Crippen molar-refractivity contribution in [3.8, 4) is 0 Å². The number of carbonyl (C=O) groups excluding carboxylic acids is 2. The second kappa shape index (κ2) is 13.4. The van der Waals surface area contributed by atoms with Crippen LogP contribution in [0.4, 0.5) is 0 Å². The third-order valence-electron chi connectivity index (χ3n) is 4.86. The third kappa shape index (κ3) is 9.16. The monoisotopic (exact) mass is 526 g/mol. The Morgan fingerprint density at radius 1 is 1.06 bits per heavy atom. The van der Waals surface area contributed by atoms with Crippen LogP contribution in [0.2, 0.25) is 0 Å². The lowest BCUT2D eigenvalue weighted by atomic mass is 10.0. The summed E-state index contributed by atoms with van der Waals surface area (Å²) in [5, 5.41) is 8.67. The van der Waals surface area contributed by atoms with E-state index in [4.69, 9.17) is 35.9 Å². The molecule has 0 saturated carbocycles. The summed E-state index contributed by atoms with van der Waals surface area (Å²) in [5.74, 6) is -1.60. The summed E-state index contributed by atoms with van der Waals surface area (Å²) in [6.45, 7) is -0.273. The Balaban J connectivity index is 2.81. The lowest BCUT2D eigenvalue weighted by Crippen LogP contribution is -2.50. The van der Waals surface area contributed by atoms with Crippen LogP contribution in [-0.2, 0) is 30.0 Å². The van der Waals surface area contributed by atoms with Gasteiger partial charge in [-0.3, -0.25) is 13.9 Å². The Bertz CT molecular complexity index is 870. The predicted molar refractivity (Wildman–Crippen MR) is 121 cm³/mol. The first-order chi connectivity index (χ1) is 15.7. The number of hydroxylamine groups is 1. The lowest BCUT2D eigenvalue weighted by molar-refractivity contribution is -0.155. The van der Waals surface area contributed by atoms with Crippen LogP contribution >= 0.6 is 15.2 Å². The number of unbranched alkanes of at least 4 members (excludes halogenated alkanes) is 1. The highest BCUT2D eigenvalue weighted by atomic mass is 31.2. The van der Waals surface area contributed by atoms with Gasteiger partial charge in [-0.15, -0.1) is 0 Å². The van der Waals surface area contributed by atoms with Crippen molar-refractivity contribution in [1.82, 2.24) is 10.8 Å². The average Bonchev–Trinajstić information content (AvgIpc) is 2.75. The number of nitrogens with two attached hydrogens (primary N) is 2. The van der Waals surface area contributed by atoms with Crippen LogP contribution in [0.25, 0.3) is 0 Å². The molecule has 1 aromatic carbocycles. The molecule has 1 unspecified atom stereocenters. The second-order valence-electron chi connectivity index (χ2n) is 7.57. The van der Waals surface area contributed by atoms with Crippen molar-refractivity contribution < 1.29 is 48.2 Å². The van der Waals surface area contributed by atoms with Gasteiger partial charge < -0.3 is 46.3 Å². The van der Waals surface area contributed by atoms with Gasteiger partial charge in [0, 0.05) is 19.4 Å². The van der Waals surface area contributed by atoms with Crippen LogP contribution in [0.3, 0.4) is 0 Å². The molecule has 0 aliphatic carbocycles. The SMILES string of the molecule is NCCCC[C@H](N)C(=O)NC(Cc1ccccc1)C(=O)ONCCC(O)(P(=O)(O)O)P(=O)(O)O. The van der Waals surface area contributed by atoms with Gasteiger partial charge in [-0.1, -0.05) is 36.8 Å². The largest absolute Gasteiger partial charge is 0.369 e.